The highest BCUT2D eigenvalue weighted by Gasteiger charge is 2.19. The molecule has 0 spiro atoms. The molecular formula is C12H15BrClN3O2. The monoisotopic (exact) mass is 347 g/mol. The van der Waals surface area contributed by atoms with E-state index in [1.807, 2.05) is 0 Å². The van der Waals surface area contributed by atoms with Gasteiger partial charge in [0, 0.05) is 16.7 Å². The summed E-state index contributed by atoms with van der Waals surface area (Å²) in [6.45, 7) is 2.32. The molecule has 19 heavy (non-hydrogen) atoms. The van der Waals surface area contributed by atoms with Gasteiger partial charge in [-0.2, -0.15) is 0 Å². The topological polar surface area (TPSA) is 84.2 Å². The van der Waals surface area contributed by atoms with Crippen molar-refractivity contribution < 1.29 is 9.59 Å². The Morgan fingerprint density at radius 2 is 2.16 bits per heavy atom. The van der Waals surface area contributed by atoms with E-state index in [0.29, 0.717) is 21.7 Å². The maximum atomic E-state index is 11.5. The van der Waals surface area contributed by atoms with Crippen LogP contribution in [0.2, 0.25) is 5.02 Å². The predicted octanol–water partition coefficient (Wildman–Crippen LogP) is 1.89. The lowest BCUT2D eigenvalue weighted by Crippen LogP contribution is -2.40. The van der Waals surface area contributed by atoms with Crippen LogP contribution in [-0.2, 0) is 9.59 Å². The first-order valence-electron chi connectivity index (χ1n) is 5.71. The van der Waals surface area contributed by atoms with Gasteiger partial charge in [0.25, 0.3) is 0 Å². The minimum Gasteiger partial charge on any atom is -0.373 e. The van der Waals surface area contributed by atoms with E-state index in [0.717, 1.165) is 0 Å². The Kier molecular flexibility index (Phi) is 6.11. The third kappa shape index (κ3) is 5.08. The van der Waals surface area contributed by atoms with Gasteiger partial charge in [-0.25, -0.2) is 0 Å². The van der Waals surface area contributed by atoms with Gasteiger partial charge in [0.15, 0.2) is 0 Å². The first-order valence-corrected chi connectivity index (χ1v) is 6.88. The van der Waals surface area contributed by atoms with Gasteiger partial charge < -0.3 is 16.4 Å². The number of nitrogens with one attached hydrogen (secondary N) is 2. The third-order valence-electron chi connectivity index (χ3n) is 2.37. The van der Waals surface area contributed by atoms with E-state index in [-0.39, 0.29) is 12.3 Å². The molecular weight excluding hydrogens is 334 g/mol. The SMILES string of the molecule is CCNC(=O)CC(Nc1ccc(Cl)c(Br)c1)C(N)=O. The predicted molar refractivity (Wildman–Crippen MR) is 79.1 cm³/mol. The van der Waals surface area contributed by atoms with Crippen molar-refractivity contribution >= 4 is 45.0 Å². The molecule has 1 atom stereocenters. The third-order valence-corrected chi connectivity index (χ3v) is 3.58. The van der Waals surface area contributed by atoms with Crippen molar-refractivity contribution in [2.24, 2.45) is 5.73 Å². The first kappa shape index (κ1) is 15.8. The van der Waals surface area contributed by atoms with E-state index in [9.17, 15) is 9.59 Å². The van der Waals surface area contributed by atoms with E-state index >= 15 is 0 Å². The molecule has 1 rings (SSSR count). The van der Waals surface area contributed by atoms with Crippen LogP contribution in [0.25, 0.3) is 0 Å². The van der Waals surface area contributed by atoms with Crippen LogP contribution in [-0.4, -0.2) is 24.4 Å². The van der Waals surface area contributed by atoms with Crippen LogP contribution >= 0.6 is 27.5 Å². The molecule has 0 aliphatic heterocycles. The summed E-state index contributed by atoms with van der Waals surface area (Å²) in [7, 11) is 0. The minimum absolute atomic E-state index is 0.0105. The summed E-state index contributed by atoms with van der Waals surface area (Å²) >= 11 is 9.16. The first-order chi connectivity index (χ1) is 8.93. The van der Waals surface area contributed by atoms with E-state index in [2.05, 4.69) is 26.6 Å². The number of nitrogens with two attached hydrogens (primary N) is 1. The zero-order chi connectivity index (χ0) is 14.4. The summed E-state index contributed by atoms with van der Waals surface area (Å²) in [6, 6.07) is 4.34. The lowest BCUT2D eigenvalue weighted by atomic mass is 10.1. The molecule has 1 aromatic rings. The molecule has 1 unspecified atom stereocenters. The molecule has 0 aliphatic rings. The number of carbonyl (C=O) groups excluding carboxylic acids is 2. The minimum atomic E-state index is -0.764. The number of rotatable bonds is 6. The zero-order valence-corrected chi connectivity index (χ0v) is 12.7. The average Bonchev–Trinajstić information content (AvgIpc) is 2.33. The van der Waals surface area contributed by atoms with E-state index in [1.54, 1.807) is 25.1 Å². The van der Waals surface area contributed by atoms with Gasteiger partial charge >= 0.3 is 0 Å². The van der Waals surface area contributed by atoms with Crippen LogP contribution in [0.4, 0.5) is 5.69 Å². The molecule has 0 fully saturated rings. The van der Waals surface area contributed by atoms with Gasteiger partial charge in [-0.1, -0.05) is 11.6 Å². The van der Waals surface area contributed by atoms with Crippen LogP contribution in [0.5, 0.6) is 0 Å². The summed E-state index contributed by atoms with van der Waals surface area (Å²) in [6.07, 6.45) is -0.0105. The maximum absolute atomic E-state index is 11.5. The van der Waals surface area contributed by atoms with E-state index in [4.69, 9.17) is 17.3 Å². The van der Waals surface area contributed by atoms with Gasteiger partial charge in [0.2, 0.25) is 11.8 Å². The van der Waals surface area contributed by atoms with E-state index in [1.165, 1.54) is 0 Å². The van der Waals surface area contributed by atoms with Crippen molar-refractivity contribution in [2.45, 2.75) is 19.4 Å². The normalized spacial score (nSPS) is 11.7. The Morgan fingerprint density at radius 1 is 1.47 bits per heavy atom. The number of primary amides is 1. The highest BCUT2D eigenvalue weighted by molar-refractivity contribution is 9.10. The molecule has 0 aromatic heterocycles. The zero-order valence-electron chi connectivity index (χ0n) is 10.4. The average molecular weight is 349 g/mol. The standard InChI is InChI=1S/C12H15BrClN3O2/c1-2-16-11(18)6-10(12(15)19)17-7-3-4-9(14)8(13)5-7/h3-5,10,17H,2,6H2,1H3,(H2,15,19)(H,16,18). The molecule has 0 bridgehead atoms. The van der Waals surface area contributed by atoms with Gasteiger partial charge in [-0.05, 0) is 41.1 Å². The summed E-state index contributed by atoms with van der Waals surface area (Å²) in [5.74, 6) is -0.816. The van der Waals surface area contributed by atoms with Crippen molar-refractivity contribution in [3.8, 4) is 0 Å². The van der Waals surface area contributed by atoms with Crippen molar-refractivity contribution in [3.63, 3.8) is 0 Å². The second-order valence-electron chi connectivity index (χ2n) is 3.89. The lowest BCUT2D eigenvalue weighted by Gasteiger charge is -2.16. The number of amides is 2. The Morgan fingerprint density at radius 3 is 2.68 bits per heavy atom. The Bertz CT molecular complexity index is 482. The molecule has 0 heterocycles. The maximum Gasteiger partial charge on any atom is 0.240 e. The summed E-state index contributed by atoms with van der Waals surface area (Å²) in [4.78, 5) is 22.8. The Balaban J connectivity index is 2.75. The number of benzene rings is 1. The second kappa shape index (κ2) is 7.35. The number of halogens is 2. The number of carbonyl (C=O) groups is 2. The highest BCUT2D eigenvalue weighted by atomic mass is 79.9. The molecule has 4 N–H and O–H groups in total. The van der Waals surface area contributed by atoms with Crippen LogP contribution < -0.4 is 16.4 Å². The van der Waals surface area contributed by atoms with Gasteiger partial charge in [-0.15, -0.1) is 0 Å². The summed E-state index contributed by atoms with van der Waals surface area (Å²) in [5.41, 5.74) is 5.93. The van der Waals surface area contributed by atoms with Crippen molar-refractivity contribution in [1.29, 1.82) is 0 Å². The molecule has 5 nitrogen and oxygen atoms in total. The smallest absolute Gasteiger partial charge is 0.240 e. The van der Waals surface area contributed by atoms with Crippen LogP contribution in [0.15, 0.2) is 22.7 Å². The van der Waals surface area contributed by atoms with E-state index < -0.39 is 11.9 Å². The fourth-order valence-corrected chi connectivity index (χ4v) is 1.96. The van der Waals surface area contributed by atoms with Gasteiger partial charge in [0.05, 0.1) is 11.4 Å². The molecule has 1 aromatic carbocycles. The fourth-order valence-electron chi connectivity index (χ4n) is 1.46. The molecule has 2 amide bonds. The number of hydrogen-bond acceptors (Lipinski definition) is 3. The summed E-state index contributed by atoms with van der Waals surface area (Å²) < 4.78 is 0.695. The quantitative estimate of drug-likeness (QED) is 0.734. The van der Waals surface area contributed by atoms with Crippen LogP contribution in [0.1, 0.15) is 13.3 Å². The van der Waals surface area contributed by atoms with Crippen molar-refractivity contribution in [3.05, 3.63) is 27.7 Å². The van der Waals surface area contributed by atoms with Gasteiger partial charge in [-0.3, -0.25) is 9.59 Å². The lowest BCUT2D eigenvalue weighted by molar-refractivity contribution is -0.125. The molecule has 7 heteroatoms. The van der Waals surface area contributed by atoms with Crippen LogP contribution in [0, 0.1) is 0 Å². The number of hydrogen-bond donors (Lipinski definition) is 3. The molecule has 0 aliphatic carbocycles. The van der Waals surface area contributed by atoms with Crippen molar-refractivity contribution in [1.82, 2.24) is 5.32 Å². The van der Waals surface area contributed by atoms with Crippen LogP contribution in [0.3, 0.4) is 0 Å². The highest BCUT2D eigenvalue weighted by Crippen LogP contribution is 2.26. The largest absolute Gasteiger partial charge is 0.373 e. The number of anilines is 1. The fraction of sp³-hybridized carbons (Fsp3) is 0.333. The summed E-state index contributed by atoms with van der Waals surface area (Å²) in [5, 5.41) is 6.09. The van der Waals surface area contributed by atoms with Crippen molar-refractivity contribution in [2.75, 3.05) is 11.9 Å². The Hall–Kier alpha value is -1.27. The Labute approximate surface area is 125 Å². The molecule has 0 saturated carbocycles. The van der Waals surface area contributed by atoms with Gasteiger partial charge in [0.1, 0.15) is 6.04 Å². The molecule has 0 saturated heterocycles. The molecule has 104 valence electrons. The second-order valence-corrected chi connectivity index (χ2v) is 5.15. The molecule has 0 radical (unpaired) electrons.